The Morgan fingerprint density at radius 2 is 1.70 bits per heavy atom. The van der Waals surface area contributed by atoms with Crippen LogP contribution in [0.3, 0.4) is 0 Å². The van der Waals surface area contributed by atoms with E-state index in [2.05, 4.69) is 6.07 Å². The molecule has 0 bridgehead atoms. The fourth-order valence-corrected chi connectivity index (χ4v) is 4.02. The first kappa shape index (κ1) is 21.8. The van der Waals surface area contributed by atoms with Gasteiger partial charge in [0.05, 0.1) is 11.1 Å². The van der Waals surface area contributed by atoms with Gasteiger partial charge < -0.3 is 20.0 Å². The van der Waals surface area contributed by atoms with Gasteiger partial charge in [-0.05, 0) is 41.3 Å². The topological polar surface area (TPSA) is 111 Å². The molecule has 0 saturated carbocycles. The molecule has 2 aromatic heterocycles. The minimum atomic E-state index is -1.15. The molecule has 166 valence electrons. The van der Waals surface area contributed by atoms with Crippen LogP contribution in [0, 0.1) is 6.92 Å². The van der Waals surface area contributed by atoms with E-state index in [0.29, 0.717) is 17.5 Å². The summed E-state index contributed by atoms with van der Waals surface area (Å²) in [6.07, 6.45) is 2.23. The Balaban J connectivity index is 1.84. The van der Waals surface area contributed by atoms with E-state index in [0.717, 1.165) is 22.4 Å². The van der Waals surface area contributed by atoms with Crippen molar-refractivity contribution in [3.8, 4) is 16.9 Å². The molecule has 4 rings (SSSR count). The fraction of sp³-hybridized carbons (Fsp3) is 0.115. The summed E-state index contributed by atoms with van der Waals surface area (Å²) < 4.78 is 7.18. The number of aromatic nitrogens is 1. The van der Waals surface area contributed by atoms with Crippen LogP contribution in [-0.2, 0) is 16.0 Å². The summed E-state index contributed by atoms with van der Waals surface area (Å²) in [5.41, 5.74) is 10.3. The molecule has 0 aliphatic heterocycles. The van der Waals surface area contributed by atoms with Crippen molar-refractivity contribution in [2.45, 2.75) is 13.3 Å². The zero-order valence-electron chi connectivity index (χ0n) is 17.9. The van der Waals surface area contributed by atoms with Crippen LogP contribution in [0.1, 0.15) is 27.2 Å². The minimum absolute atomic E-state index is 0.123. The van der Waals surface area contributed by atoms with Crippen LogP contribution in [0.2, 0.25) is 0 Å². The van der Waals surface area contributed by atoms with Gasteiger partial charge >= 0.3 is 5.97 Å². The molecule has 0 atom stereocenters. The summed E-state index contributed by atoms with van der Waals surface area (Å²) >= 11 is 0. The molecule has 0 spiro atoms. The van der Waals surface area contributed by atoms with Crippen LogP contribution in [0.5, 0.6) is 5.75 Å². The van der Waals surface area contributed by atoms with Crippen molar-refractivity contribution >= 4 is 23.2 Å². The number of ether oxygens (including phenoxy) is 1. The first-order valence-corrected chi connectivity index (χ1v) is 10.3. The van der Waals surface area contributed by atoms with E-state index in [1.165, 1.54) is 0 Å². The zero-order valence-corrected chi connectivity index (χ0v) is 17.9. The Kier molecular flexibility index (Phi) is 5.95. The summed E-state index contributed by atoms with van der Waals surface area (Å²) in [6.45, 7) is 1.17. The van der Waals surface area contributed by atoms with Crippen LogP contribution in [0.15, 0.2) is 72.9 Å². The maximum atomic E-state index is 12.7. The Bertz CT molecular complexity index is 1370. The number of aliphatic carboxylic acids is 1. The number of carboxylic acids is 1. The molecule has 0 fully saturated rings. The second-order valence-corrected chi connectivity index (χ2v) is 7.66. The first-order valence-electron chi connectivity index (χ1n) is 10.3. The van der Waals surface area contributed by atoms with Crippen molar-refractivity contribution in [3.63, 3.8) is 0 Å². The van der Waals surface area contributed by atoms with Crippen molar-refractivity contribution in [3.05, 3.63) is 95.3 Å². The number of nitrogens with two attached hydrogens (primary N) is 1. The predicted octanol–water partition coefficient (Wildman–Crippen LogP) is 3.64. The highest BCUT2D eigenvalue weighted by Gasteiger charge is 2.26. The number of nitrogens with zero attached hydrogens (tertiary/aromatic N) is 1. The highest BCUT2D eigenvalue weighted by atomic mass is 16.5. The highest BCUT2D eigenvalue weighted by Crippen LogP contribution is 2.33. The molecular weight excluding hydrogens is 420 g/mol. The molecule has 7 nitrogen and oxygen atoms in total. The SMILES string of the molecule is Cc1c(C(=O)C(N)=O)c2c(OCC(=O)O)cccn2c1Cc1cccc(-c2ccccc2)c1. The van der Waals surface area contributed by atoms with Gasteiger partial charge in [0.2, 0.25) is 0 Å². The van der Waals surface area contributed by atoms with Crippen LogP contribution in [-0.4, -0.2) is 33.8 Å². The Hall–Kier alpha value is -4.39. The number of amides is 1. The van der Waals surface area contributed by atoms with E-state index in [9.17, 15) is 14.4 Å². The monoisotopic (exact) mass is 442 g/mol. The van der Waals surface area contributed by atoms with E-state index >= 15 is 0 Å². The average molecular weight is 442 g/mol. The van der Waals surface area contributed by atoms with Crippen molar-refractivity contribution in [1.29, 1.82) is 0 Å². The molecule has 0 aliphatic rings. The average Bonchev–Trinajstić information content (AvgIpc) is 3.09. The molecule has 1 amide bonds. The van der Waals surface area contributed by atoms with Crippen molar-refractivity contribution in [1.82, 2.24) is 4.40 Å². The van der Waals surface area contributed by atoms with Gasteiger partial charge in [-0.2, -0.15) is 0 Å². The molecule has 4 aromatic rings. The minimum Gasteiger partial charge on any atom is -0.480 e. The number of hydrogen-bond acceptors (Lipinski definition) is 4. The third-order valence-electron chi connectivity index (χ3n) is 5.50. The second-order valence-electron chi connectivity index (χ2n) is 7.66. The molecule has 7 heteroatoms. The summed E-state index contributed by atoms with van der Waals surface area (Å²) in [6, 6.07) is 21.3. The lowest BCUT2D eigenvalue weighted by Gasteiger charge is -2.10. The molecule has 2 aromatic carbocycles. The van der Waals surface area contributed by atoms with Crippen LogP contribution >= 0.6 is 0 Å². The molecule has 0 saturated heterocycles. The number of carboxylic acid groups (broad SMARTS) is 1. The highest BCUT2D eigenvalue weighted by molar-refractivity contribution is 6.44. The molecule has 0 unspecified atom stereocenters. The quantitative estimate of drug-likeness (QED) is 0.320. The lowest BCUT2D eigenvalue weighted by atomic mass is 9.99. The van der Waals surface area contributed by atoms with Crippen molar-refractivity contribution in [2.75, 3.05) is 6.61 Å². The van der Waals surface area contributed by atoms with Crippen molar-refractivity contribution in [2.24, 2.45) is 5.73 Å². The molecule has 0 radical (unpaired) electrons. The van der Waals surface area contributed by atoms with Gasteiger partial charge in [0, 0.05) is 18.3 Å². The molecule has 2 heterocycles. The fourth-order valence-electron chi connectivity index (χ4n) is 4.02. The summed E-state index contributed by atoms with van der Waals surface area (Å²) in [4.78, 5) is 35.5. The van der Waals surface area contributed by atoms with Gasteiger partial charge in [-0.25, -0.2) is 4.79 Å². The number of rotatable bonds is 8. The zero-order chi connectivity index (χ0) is 23.5. The number of primary amides is 1. The largest absolute Gasteiger partial charge is 0.480 e. The number of ketones is 1. The van der Waals surface area contributed by atoms with Gasteiger partial charge in [0.25, 0.3) is 11.7 Å². The standard InChI is InChI=1S/C26H22N2O5/c1-16-20(14-17-7-5-10-19(13-17)18-8-3-2-4-9-18)28-12-6-11-21(33-15-22(29)30)24(28)23(16)25(31)26(27)32/h2-13H,14-15H2,1H3,(H2,27,32)(H,29,30). The Labute approximate surface area is 190 Å². The number of benzene rings is 2. The number of pyridine rings is 1. The predicted molar refractivity (Wildman–Crippen MR) is 123 cm³/mol. The second kappa shape index (κ2) is 9.00. The maximum absolute atomic E-state index is 12.7. The third kappa shape index (κ3) is 4.34. The third-order valence-corrected chi connectivity index (χ3v) is 5.50. The van der Waals surface area contributed by atoms with E-state index in [1.54, 1.807) is 29.7 Å². The van der Waals surface area contributed by atoms with Gasteiger partial charge in [-0.15, -0.1) is 0 Å². The Morgan fingerprint density at radius 3 is 2.39 bits per heavy atom. The normalized spacial score (nSPS) is 10.8. The molecule has 3 N–H and O–H groups in total. The van der Waals surface area contributed by atoms with E-state index in [4.69, 9.17) is 15.6 Å². The maximum Gasteiger partial charge on any atom is 0.341 e. The van der Waals surface area contributed by atoms with E-state index < -0.39 is 24.3 Å². The van der Waals surface area contributed by atoms with E-state index in [1.807, 2.05) is 48.5 Å². The van der Waals surface area contributed by atoms with E-state index in [-0.39, 0.29) is 11.3 Å². The summed E-state index contributed by atoms with van der Waals surface area (Å²) in [5, 5.41) is 9.02. The summed E-state index contributed by atoms with van der Waals surface area (Å²) in [7, 11) is 0. The molecule has 33 heavy (non-hydrogen) atoms. The molecular formula is C26H22N2O5. The number of Topliss-reactive ketones (excluding diaryl/α,β-unsaturated/α-hetero) is 1. The van der Waals surface area contributed by atoms with Crippen LogP contribution in [0.4, 0.5) is 0 Å². The van der Waals surface area contributed by atoms with Gasteiger partial charge in [-0.1, -0.05) is 54.6 Å². The number of fused-ring (bicyclic) bond motifs is 1. The first-order chi connectivity index (χ1) is 15.9. The lowest BCUT2D eigenvalue weighted by Crippen LogP contribution is -2.23. The van der Waals surface area contributed by atoms with Gasteiger partial charge in [0.15, 0.2) is 6.61 Å². The van der Waals surface area contributed by atoms with Crippen LogP contribution in [0.25, 0.3) is 16.6 Å². The van der Waals surface area contributed by atoms with Crippen LogP contribution < -0.4 is 10.5 Å². The number of carbonyl (C=O) groups is 3. The Morgan fingerprint density at radius 1 is 0.970 bits per heavy atom. The number of carbonyl (C=O) groups excluding carboxylic acids is 2. The summed E-state index contributed by atoms with van der Waals surface area (Å²) in [5.74, 6) is -2.89. The van der Waals surface area contributed by atoms with Gasteiger partial charge in [-0.3, -0.25) is 9.59 Å². The van der Waals surface area contributed by atoms with Gasteiger partial charge in [0.1, 0.15) is 5.75 Å². The molecule has 0 aliphatic carbocycles. The lowest BCUT2D eigenvalue weighted by molar-refractivity contribution is -0.139. The van der Waals surface area contributed by atoms with Crippen molar-refractivity contribution < 1.29 is 24.2 Å². The smallest absolute Gasteiger partial charge is 0.341 e. The number of hydrogen-bond donors (Lipinski definition) is 2.